The molecule has 0 saturated carbocycles. The lowest BCUT2D eigenvalue weighted by Gasteiger charge is -2.33. The Balaban J connectivity index is 1.51. The zero-order chi connectivity index (χ0) is 19.7. The number of amidine groups is 1. The molecule has 7 nitrogen and oxygen atoms in total. The Hall–Kier alpha value is -2.87. The number of piperidine rings is 1. The van der Waals surface area contributed by atoms with Gasteiger partial charge in [-0.2, -0.15) is 8.42 Å². The Kier molecular flexibility index (Phi) is 4.80. The first kappa shape index (κ1) is 18.5. The summed E-state index contributed by atoms with van der Waals surface area (Å²) in [6.45, 7) is 1.10. The van der Waals surface area contributed by atoms with E-state index in [2.05, 4.69) is 9.71 Å². The number of likely N-dealkylation sites (tertiary alicyclic amines) is 1. The highest BCUT2D eigenvalue weighted by Gasteiger charge is 2.35. The molecule has 0 bridgehead atoms. The van der Waals surface area contributed by atoms with E-state index >= 15 is 0 Å². The molecule has 1 N–H and O–H groups in total. The molecule has 1 atom stereocenters. The number of ether oxygens (including phenoxy) is 1. The van der Waals surface area contributed by atoms with Crippen molar-refractivity contribution < 1.29 is 17.9 Å². The van der Waals surface area contributed by atoms with Gasteiger partial charge in [0, 0.05) is 30.4 Å². The average molecular weight is 399 g/mol. The maximum atomic E-state index is 12.8. The van der Waals surface area contributed by atoms with Gasteiger partial charge in [0.05, 0.1) is 13.0 Å². The van der Waals surface area contributed by atoms with E-state index in [0.29, 0.717) is 35.9 Å². The van der Waals surface area contributed by atoms with Crippen LogP contribution in [0.2, 0.25) is 0 Å². The molecular formula is C20H21N3O4S. The van der Waals surface area contributed by atoms with Crippen LogP contribution in [0.15, 0.2) is 57.8 Å². The Bertz CT molecular complexity index is 1050. The van der Waals surface area contributed by atoms with E-state index in [1.165, 1.54) is 0 Å². The van der Waals surface area contributed by atoms with Gasteiger partial charge in [0.1, 0.15) is 10.6 Å². The molecule has 28 heavy (non-hydrogen) atoms. The summed E-state index contributed by atoms with van der Waals surface area (Å²) in [5.41, 5.74) is 1.28. The van der Waals surface area contributed by atoms with E-state index in [1.54, 1.807) is 37.4 Å². The summed E-state index contributed by atoms with van der Waals surface area (Å²) in [7, 11) is -2.09. The molecule has 0 unspecified atom stereocenters. The van der Waals surface area contributed by atoms with Gasteiger partial charge in [-0.05, 0) is 37.1 Å². The molecule has 2 aromatic carbocycles. The predicted molar refractivity (Wildman–Crippen MR) is 106 cm³/mol. The first-order valence-corrected chi connectivity index (χ1v) is 10.6. The number of rotatable bonds is 3. The van der Waals surface area contributed by atoms with Crippen molar-refractivity contribution in [1.82, 2.24) is 4.90 Å². The minimum atomic E-state index is -3.67. The lowest BCUT2D eigenvalue weighted by atomic mass is 9.96. The number of nitrogens with zero attached hydrogens (tertiary/aromatic N) is 2. The van der Waals surface area contributed by atoms with Crippen molar-refractivity contribution in [2.45, 2.75) is 17.7 Å². The zero-order valence-electron chi connectivity index (χ0n) is 15.5. The van der Waals surface area contributed by atoms with Crippen LogP contribution in [0.1, 0.15) is 18.4 Å². The molecule has 0 radical (unpaired) electrons. The largest absolute Gasteiger partial charge is 0.497 e. The van der Waals surface area contributed by atoms with E-state index in [4.69, 9.17) is 4.74 Å². The maximum Gasteiger partial charge on any atom is 0.285 e. The molecule has 4 rings (SSSR count). The topological polar surface area (TPSA) is 88.1 Å². The molecule has 2 heterocycles. The van der Waals surface area contributed by atoms with E-state index in [0.717, 1.165) is 12.8 Å². The van der Waals surface area contributed by atoms with Crippen molar-refractivity contribution in [3.8, 4) is 5.75 Å². The lowest BCUT2D eigenvalue weighted by Crippen LogP contribution is -2.43. The highest BCUT2D eigenvalue weighted by molar-refractivity contribution is 7.90. The molecule has 2 aliphatic rings. The number of carbonyl (C=O) groups is 1. The molecule has 2 aliphatic heterocycles. The molecule has 1 fully saturated rings. The van der Waals surface area contributed by atoms with Gasteiger partial charge in [-0.1, -0.05) is 18.2 Å². The fourth-order valence-electron chi connectivity index (χ4n) is 3.65. The summed E-state index contributed by atoms with van der Waals surface area (Å²) in [6, 6.07) is 14.0. The zero-order valence-corrected chi connectivity index (χ0v) is 16.3. The van der Waals surface area contributed by atoms with Crippen LogP contribution in [-0.4, -0.2) is 45.3 Å². The third-order valence-corrected chi connectivity index (χ3v) is 6.37. The maximum absolute atomic E-state index is 12.8. The summed E-state index contributed by atoms with van der Waals surface area (Å²) in [5, 5.41) is 2.93. The van der Waals surface area contributed by atoms with Crippen LogP contribution >= 0.6 is 0 Å². The molecule has 0 spiro atoms. The minimum absolute atomic E-state index is 0.0901. The van der Waals surface area contributed by atoms with Crippen molar-refractivity contribution in [3.63, 3.8) is 0 Å². The van der Waals surface area contributed by atoms with Crippen LogP contribution in [0.5, 0.6) is 5.75 Å². The number of amides is 1. The molecule has 1 amide bonds. The van der Waals surface area contributed by atoms with E-state index in [1.807, 2.05) is 23.1 Å². The number of hydrogen-bond donors (Lipinski definition) is 1. The first-order chi connectivity index (χ1) is 13.5. The Morgan fingerprint density at radius 1 is 1.21 bits per heavy atom. The molecule has 0 aliphatic carbocycles. The lowest BCUT2D eigenvalue weighted by molar-refractivity contribution is -0.121. The molecular weight excluding hydrogens is 378 g/mol. The van der Waals surface area contributed by atoms with Gasteiger partial charge in [-0.15, -0.1) is 4.40 Å². The van der Waals surface area contributed by atoms with Crippen LogP contribution in [-0.2, 0) is 14.8 Å². The molecule has 1 saturated heterocycles. The molecule has 146 valence electrons. The Morgan fingerprint density at radius 2 is 2.04 bits per heavy atom. The van der Waals surface area contributed by atoms with Gasteiger partial charge >= 0.3 is 0 Å². The van der Waals surface area contributed by atoms with E-state index in [-0.39, 0.29) is 16.7 Å². The SMILES string of the molecule is COc1cccc(NC(=O)[C@H]2CCCN(C3=NS(=O)(=O)c4ccccc43)C2)c1. The van der Waals surface area contributed by atoms with Crippen LogP contribution in [0.4, 0.5) is 5.69 Å². The van der Waals surface area contributed by atoms with Gasteiger partial charge in [0.15, 0.2) is 5.84 Å². The summed E-state index contributed by atoms with van der Waals surface area (Å²) in [5.74, 6) is 0.769. The number of hydrogen-bond acceptors (Lipinski definition) is 5. The normalized spacial score (nSPS) is 20.2. The second-order valence-electron chi connectivity index (χ2n) is 6.89. The second-order valence-corrected chi connectivity index (χ2v) is 8.47. The fraction of sp³-hybridized carbons (Fsp3) is 0.300. The predicted octanol–water partition coefficient (Wildman–Crippen LogP) is 2.49. The van der Waals surface area contributed by atoms with Gasteiger partial charge in [-0.25, -0.2) is 0 Å². The second kappa shape index (κ2) is 7.27. The number of carbonyl (C=O) groups excluding carboxylic acids is 1. The van der Waals surface area contributed by atoms with Crippen LogP contribution < -0.4 is 10.1 Å². The number of anilines is 1. The summed E-state index contributed by atoms with van der Waals surface area (Å²) in [4.78, 5) is 14.9. The average Bonchev–Trinajstić information content (AvgIpc) is 2.99. The summed E-state index contributed by atoms with van der Waals surface area (Å²) >= 11 is 0. The Morgan fingerprint density at radius 3 is 2.86 bits per heavy atom. The molecule has 8 heteroatoms. The number of methoxy groups -OCH3 is 1. The van der Waals surface area contributed by atoms with Gasteiger partial charge in [0.25, 0.3) is 10.0 Å². The van der Waals surface area contributed by atoms with Crippen LogP contribution in [0, 0.1) is 5.92 Å². The molecule has 0 aromatic heterocycles. The number of nitrogens with one attached hydrogen (secondary N) is 1. The highest BCUT2D eigenvalue weighted by atomic mass is 32.2. The minimum Gasteiger partial charge on any atom is -0.497 e. The number of fused-ring (bicyclic) bond motifs is 1. The molecule has 2 aromatic rings. The van der Waals surface area contributed by atoms with Crippen LogP contribution in [0.25, 0.3) is 0 Å². The first-order valence-electron chi connectivity index (χ1n) is 9.12. The van der Waals surface area contributed by atoms with Crippen molar-refractivity contribution in [2.75, 3.05) is 25.5 Å². The van der Waals surface area contributed by atoms with Crippen molar-refractivity contribution in [1.29, 1.82) is 0 Å². The smallest absolute Gasteiger partial charge is 0.285 e. The number of sulfonamides is 1. The van der Waals surface area contributed by atoms with Gasteiger partial charge < -0.3 is 15.0 Å². The monoisotopic (exact) mass is 399 g/mol. The van der Waals surface area contributed by atoms with E-state index in [9.17, 15) is 13.2 Å². The van der Waals surface area contributed by atoms with Gasteiger partial charge in [-0.3, -0.25) is 4.79 Å². The highest BCUT2D eigenvalue weighted by Crippen LogP contribution is 2.30. The Labute approximate surface area is 164 Å². The third-order valence-electron chi connectivity index (χ3n) is 5.04. The van der Waals surface area contributed by atoms with Gasteiger partial charge in [0.2, 0.25) is 5.91 Å². The number of benzene rings is 2. The van der Waals surface area contributed by atoms with Crippen molar-refractivity contribution in [2.24, 2.45) is 10.3 Å². The van der Waals surface area contributed by atoms with Crippen molar-refractivity contribution >= 4 is 27.5 Å². The summed E-state index contributed by atoms with van der Waals surface area (Å²) < 4.78 is 33.8. The quantitative estimate of drug-likeness (QED) is 0.857. The fourth-order valence-corrected chi connectivity index (χ4v) is 4.87. The standard InChI is InChI=1S/C20H21N3O4S/c1-27-16-8-4-7-15(12-16)21-20(24)14-6-5-11-23(13-14)19-17-9-2-3-10-18(17)28(25,26)22-19/h2-4,7-10,12,14H,5-6,11,13H2,1H3,(H,21,24)/t14-/m0/s1. The third kappa shape index (κ3) is 3.47. The summed E-state index contributed by atoms with van der Waals surface area (Å²) in [6.07, 6.45) is 1.53. The van der Waals surface area contributed by atoms with Crippen LogP contribution in [0.3, 0.4) is 0 Å². The van der Waals surface area contributed by atoms with Crippen molar-refractivity contribution in [3.05, 3.63) is 54.1 Å². The van der Waals surface area contributed by atoms with E-state index < -0.39 is 10.0 Å².